The highest BCUT2D eigenvalue weighted by Gasteiger charge is 2.50. The van der Waals surface area contributed by atoms with Crippen molar-refractivity contribution >= 4 is 28.8 Å². The van der Waals surface area contributed by atoms with Crippen LogP contribution in [-0.2, 0) is 14.3 Å². The van der Waals surface area contributed by atoms with E-state index in [9.17, 15) is 14.7 Å². The molecule has 7 N–H and O–H groups in total. The fourth-order valence-electron chi connectivity index (χ4n) is 4.73. The molecule has 31 heavy (non-hydrogen) atoms. The van der Waals surface area contributed by atoms with Crippen LogP contribution in [-0.4, -0.2) is 78.3 Å². The minimum Gasteiger partial charge on any atom is -0.388 e. The monoisotopic (exact) mass is 432 g/mol. The Labute approximate surface area is 178 Å². The maximum atomic E-state index is 12.5. The van der Waals surface area contributed by atoms with E-state index in [-0.39, 0.29) is 24.8 Å². The van der Waals surface area contributed by atoms with Crippen molar-refractivity contribution in [3.63, 3.8) is 0 Å². The Kier molecular flexibility index (Phi) is 5.31. The predicted molar refractivity (Wildman–Crippen MR) is 110 cm³/mol. The number of hydrogen-bond acceptors (Lipinski definition) is 9. The van der Waals surface area contributed by atoms with Gasteiger partial charge in [-0.3, -0.25) is 9.59 Å². The molecule has 2 saturated heterocycles. The topological polar surface area (TPSA) is 188 Å². The van der Waals surface area contributed by atoms with E-state index < -0.39 is 29.2 Å². The summed E-state index contributed by atoms with van der Waals surface area (Å²) in [5, 5.41) is 11.4. The normalized spacial score (nSPS) is 26.8. The van der Waals surface area contributed by atoms with Gasteiger partial charge in [0.2, 0.25) is 11.8 Å². The molecule has 12 nitrogen and oxygen atoms in total. The van der Waals surface area contributed by atoms with Crippen LogP contribution in [0.4, 0.5) is 5.82 Å². The fraction of sp³-hybridized carbons (Fsp3) is 0.632. The van der Waals surface area contributed by atoms with Gasteiger partial charge < -0.3 is 36.5 Å². The number of aromatic nitrogens is 4. The number of hydrogen-bond donors (Lipinski definition) is 4. The van der Waals surface area contributed by atoms with Crippen LogP contribution in [0, 0.1) is 0 Å². The van der Waals surface area contributed by atoms with Gasteiger partial charge >= 0.3 is 0 Å². The maximum Gasteiger partial charge on any atom is 0.240 e. The van der Waals surface area contributed by atoms with E-state index in [1.807, 2.05) is 0 Å². The number of likely N-dealkylation sites (tertiary alicyclic amines) is 1. The highest BCUT2D eigenvalue weighted by Crippen LogP contribution is 2.44. The van der Waals surface area contributed by atoms with Gasteiger partial charge in [-0.05, 0) is 19.8 Å². The lowest BCUT2D eigenvalue weighted by atomic mass is 9.75. The third-order valence-corrected chi connectivity index (χ3v) is 6.39. The first-order valence-electron chi connectivity index (χ1n) is 10.2. The Balaban J connectivity index is 1.46. The van der Waals surface area contributed by atoms with Gasteiger partial charge in [0.05, 0.1) is 42.6 Å². The molecule has 168 valence electrons. The molecule has 0 bridgehead atoms. The molecule has 12 heteroatoms. The molecule has 2 aromatic rings. The Morgan fingerprint density at radius 2 is 2.03 bits per heavy atom. The quantitative estimate of drug-likeness (QED) is 0.454. The maximum absolute atomic E-state index is 12.5. The van der Waals surface area contributed by atoms with E-state index in [1.165, 1.54) is 6.33 Å². The Hall–Kier alpha value is -2.83. The highest BCUT2D eigenvalue weighted by molar-refractivity contribution is 5.87. The second-order valence-electron chi connectivity index (χ2n) is 8.73. The van der Waals surface area contributed by atoms with E-state index in [1.54, 1.807) is 22.7 Å². The minimum atomic E-state index is -1.10. The van der Waals surface area contributed by atoms with Gasteiger partial charge in [-0.2, -0.15) is 0 Å². The van der Waals surface area contributed by atoms with Crippen molar-refractivity contribution in [2.45, 2.75) is 55.9 Å². The Morgan fingerprint density at radius 1 is 1.32 bits per heavy atom. The highest BCUT2D eigenvalue weighted by atomic mass is 16.5. The third kappa shape index (κ3) is 3.93. The summed E-state index contributed by atoms with van der Waals surface area (Å²) < 4.78 is 8.06. The summed E-state index contributed by atoms with van der Waals surface area (Å²) in [5.41, 5.74) is 16.2. The lowest BCUT2D eigenvalue weighted by molar-refractivity contribution is -0.197. The van der Waals surface area contributed by atoms with Crippen molar-refractivity contribution in [3.05, 3.63) is 12.7 Å². The number of fused-ring (bicyclic) bond motifs is 1. The number of piperidine rings is 1. The number of carbonyl (C=O) groups excluding carboxylic acids is 2. The second-order valence-corrected chi connectivity index (χ2v) is 8.73. The average Bonchev–Trinajstić information content (AvgIpc) is 3.12. The number of aliphatic hydroxyl groups is 1. The largest absolute Gasteiger partial charge is 0.388 e. The number of nitrogens with two attached hydrogens (primary N) is 3. The molecule has 2 aliphatic rings. The van der Waals surface area contributed by atoms with Crippen molar-refractivity contribution in [2.75, 3.05) is 25.4 Å². The van der Waals surface area contributed by atoms with Gasteiger partial charge in [0.1, 0.15) is 11.8 Å². The summed E-state index contributed by atoms with van der Waals surface area (Å²) in [7, 11) is 0. The predicted octanol–water partition coefficient (Wildman–Crippen LogP) is -1.32. The first kappa shape index (κ1) is 21.4. The fourth-order valence-corrected chi connectivity index (χ4v) is 4.73. The molecule has 1 spiro atoms. The van der Waals surface area contributed by atoms with Gasteiger partial charge in [-0.15, -0.1) is 0 Å². The summed E-state index contributed by atoms with van der Waals surface area (Å²) in [5.74, 6) is -0.620. The van der Waals surface area contributed by atoms with E-state index in [2.05, 4.69) is 15.0 Å². The summed E-state index contributed by atoms with van der Waals surface area (Å²) in [4.78, 5) is 37.6. The first-order valence-corrected chi connectivity index (χ1v) is 10.2. The van der Waals surface area contributed by atoms with Crippen molar-refractivity contribution in [1.82, 2.24) is 24.4 Å². The number of carbonyl (C=O) groups is 2. The standard InChI is InChI=1S/C19H28N8O4/c1-18(30)8-19(2-4-26(5-3-19)17(29)11(20)6-13(21)28)31-7-12(18)27-10-25-14-15(22)23-9-24-16(14)27/h9-12,30H,2-8,20H2,1H3,(H2,21,28)(H2,22,23,24)/t11-,12-,18-/m1/s1. The van der Waals surface area contributed by atoms with Gasteiger partial charge in [-0.25, -0.2) is 15.0 Å². The zero-order valence-corrected chi connectivity index (χ0v) is 17.4. The van der Waals surface area contributed by atoms with Crippen molar-refractivity contribution in [1.29, 1.82) is 0 Å². The third-order valence-electron chi connectivity index (χ3n) is 6.39. The first-order chi connectivity index (χ1) is 14.6. The molecule has 0 aliphatic carbocycles. The van der Waals surface area contributed by atoms with Gasteiger partial charge in [0.25, 0.3) is 0 Å². The lowest BCUT2D eigenvalue weighted by Crippen LogP contribution is -2.59. The zero-order valence-electron chi connectivity index (χ0n) is 17.4. The minimum absolute atomic E-state index is 0.180. The lowest BCUT2D eigenvalue weighted by Gasteiger charge is -2.51. The number of anilines is 1. The van der Waals surface area contributed by atoms with E-state index in [0.717, 1.165) is 0 Å². The summed E-state index contributed by atoms with van der Waals surface area (Å²) in [6.07, 6.45) is 4.29. The van der Waals surface area contributed by atoms with Crippen molar-refractivity contribution < 1.29 is 19.4 Å². The number of amides is 2. The summed E-state index contributed by atoms with van der Waals surface area (Å²) in [6.45, 7) is 2.91. The van der Waals surface area contributed by atoms with Crippen LogP contribution in [0.25, 0.3) is 11.2 Å². The Bertz CT molecular complexity index is 998. The number of ether oxygens (including phenoxy) is 1. The summed E-state index contributed by atoms with van der Waals surface area (Å²) in [6, 6.07) is -1.34. The number of nitrogen functional groups attached to an aromatic ring is 1. The van der Waals surface area contributed by atoms with Gasteiger partial charge in [-0.1, -0.05) is 0 Å². The molecule has 0 aromatic carbocycles. The molecule has 4 heterocycles. The van der Waals surface area contributed by atoms with Crippen LogP contribution in [0.3, 0.4) is 0 Å². The molecule has 0 saturated carbocycles. The van der Waals surface area contributed by atoms with Gasteiger partial charge in [0, 0.05) is 19.5 Å². The van der Waals surface area contributed by atoms with Crippen LogP contribution in [0.15, 0.2) is 12.7 Å². The Morgan fingerprint density at radius 3 is 2.68 bits per heavy atom. The SMILES string of the molecule is C[C@@]1(O)CC2(CCN(C(=O)[C@H](N)CC(N)=O)CC2)OC[C@H]1n1cnc2c(N)ncnc21. The molecule has 2 fully saturated rings. The smallest absolute Gasteiger partial charge is 0.240 e. The number of nitrogens with zero attached hydrogens (tertiary/aromatic N) is 5. The van der Waals surface area contributed by atoms with E-state index in [4.69, 9.17) is 21.9 Å². The molecule has 4 rings (SSSR count). The summed E-state index contributed by atoms with van der Waals surface area (Å²) >= 11 is 0. The molecule has 3 atom stereocenters. The molecular weight excluding hydrogens is 404 g/mol. The molecule has 2 aliphatic heterocycles. The molecule has 2 aromatic heterocycles. The van der Waals surface area contributed by atoms with Crippen LogP contribution < -0.4 is 17.2 Å². The second kappa shape index (κ2) is 7.70. The van der Waals surface area contributed by atoms with Gasteiger partial charge in [0.15, 0.2) is 11.5 Å². The number of imidazole rings is 1. The van der Waals surface area contributed by atoms with E-state index >= 15 is 0 Å². The molecule has 0 unspecified atom stereocenters. The van der Waals surface area contributed by atoms with Crippen molar-refractivity contribution in [2.24, 2.45) is 11.5 Å². The average molecular weight is 432 g/mol. The number of primary amides is 1. The molecular formula is C19H28N8O4. The van der Waals surface area contributed by atoms with Crippen LogP contribution >= 0.6 is 0 Å². The van der Waals surface area contributed by atoms with Crippen LogP contribution in [0.5, 0.6) is 0 Å². The van der Waals surface area contributed by atoms with Crippen molar-refractivity contribution in [3.8, 4) is 0 Å². The van der Waals surface area contributed by atoms with Crippen LogP contribution in [0.1, 0.15) is 38.6 Å². The molecule has 2 amide bonds. The zero-order chi connectivity index (χ0) is 22.4. The van der Waals surface area contributed by atoms with E-state index in [0.29, 0.717) is 43.5 Å². The number of rotatable bonds is 4. The molecule has 0 radical (unpaired) electrons. The van der Waals surface area contributed by atoms with Crippen LogP contribution in [0.2, 0.25) is 0 Å².